The maximum absolute atomic E-state index is 12.4. The summed E-state index contributed by atoms with van der Waals surface area (Å²) < 4.78 is 0. The second kappa shape index (κ2) is 7.40. The Hall–Kier alpha value is -1.88. The van der Waals surface area contributed by atoms with Gasteiger partial charge >= 0.3 is 6.03 Å². The van der Waals surface area contributed by atoms with Crippen LogP contribution in [-0.2, 0) is 13.0 Å². The van der Waals surface area contributed by atoms with Crippen LogP contribution in [0.15, 0.2) is 41.2 Å². The minimum Gasteiger partial charge on any atom is -0.338 e. The topological polar surface area (TPSA) is 45.2 Å². The molecule has 0 spiro atoms. The van der Waals surface area contributed by atoms with Gasteiger partial charge in [-0.05, 0) is 60.2 Å². The molecule has 0 saturated heterocycles. The minimum atomic E-state index is 0.0646. The first-order chi connectivity index (χ1) is 10.8. The Morgan fingerprint density at radius 3 is 2.95 bits per heavy atom. The molecule has 0 bridgehead atoms. The van der Waals surface area contributed by atoms with E-state index in [1.165, 1.54) is 5.56 Å². The van der Waals surface area contributed by atoms with E-state index < -0.39 is 0 Å². The van der Waals surface area contributed by atoms with E-state index >= 15 is 0 Å². The maximum Gasteiger partial charge on any atom is 0.317 e. The highest BCUT2D eigenvalue weighted by atomic mass is 32.1. The standard InChI is InChI=1S/C17H21N3OS/c21-17(19-10-3-5-15-4-1-2-9-18-15)20(16-6-7-16)12-14-8-11-22-13-14/h1-2,4,8-9,11,13,16H,3,5-7,10,12H2,(H,19,21). The quantitative estimate of drug-likeness (QED) is 0.795. The lowest BCUT2D eigenvalue weighted by Crippen LogP contribution is -2.41. The van der Waals surface area contributed by atoms with E-state index in [9.17, 15) is 4.79 Å². The number of carbonyl (C=O) groups is 1. The van der Waals surface area contributed by atoms with Crippen LogP contribution in [0, 0.1) is 0 Å². The number of amides is 2. The van der Waals surface area contributed by atoms with Crippen molar-refractivity contribution in [3.63, 3.8) is 0 Å². The summed E-state index contributed by atoms with van der Waals surface area (Å²) in [5.41, 5.74) is 2.30. The Balaban J connectivity index is 1.43. The fourth-order valence-electron chi connectivity index (χ4n) is 2.44. The Morgan fingerprint density at radius 1 is 1.36 bits per heavy atom. The van der Waals surface area contributed by atoms with Crippen LogP contribution < -0.4 is 5.32 Å². The van der Waals surface area contributed by atoms with Crippen molar-refractivity contribution in [2.45, 2.75) is 38.3 Å². The Bertz CT molecular complexity index is 581. The van der Waals surface area contributed by atoms with Gasteiger partial charge < -0.3 is 10.2 Å². The highest BCUT2D eigenvalue weighted by Crippen LogP contribution is 2.28. The van der Waals surface area contributed by atoms with E-state index in [0.29, 0.717) is 12.6 Å². The summed E-state index contributed by atoms with van der Waals surface area (Å²) in [6.07, 6.45) is 5.88. The summed E-state index contributed by atoms with van der Waals surface area (Å²) in [5, 5.41) is 7.22. The van der Waals surface area contributed by atoms with E-state index in [4.69, 9.17) is 0 Å². The Kier molecular flexibility index (Phi) is 5.06. The summed E-state index contributed by atoms with van der Waals surface area (Å²) in [4.78, 5) is 18.6. The zero-order valence-electron chi connectivity index (χ0n) is 12.6. The minimum absolute atomic E-state index is 0.0646. The lowest BCUT2D eigenvalue weighted by atomic mass is 10.2. The molecule has 2 amide bonds. The zero-order chi connectivity index (χ0) is 15.2. The first-order valence-corrected chi connectivity index (χ1v) is 8.72. The highest BCUT2D eigenvalue weighted by Gasteiger charge is 2.32. The van der Waals surface area contributed by atoms with Crippen LogP contribution >= 0.6 is 11.3 Å². The average Bonchev–Trinajstić information content (AvgIpc) is 3.26. The largest absolute Gasteiger partial charge is 0.338 e. The summed E-state index contributed by atoms with van der Waals surface area (Å²) in [6.45, 7) is 1.42. The summed E-state index contributed by atoms with van der Waals surface area (Å²) in [6, 6.07) is 8.52. The van der Waals surface area contributed by atoms with Crippen LogP contribution in [0.4, 0.5) is 4.79 Å². The van der Waals surface area contributed by atoms with E-state index in [1.54, 1.807) is 11.3 Å². The van der Waals surface area contributed by atoms with Crippen molar-refractivity contribution < 1.29 is 4.79 Å². The van der Waals surface area contributed by atoms with Gasteiger partial charge in [-0.2, -0.15) is 11.3 Å². The number of aryl methyl sites for hydroxylation is 1. The average molecular weight is 315 g/mol. The van der Waals surface area contributed by atoms with Gasteiger partial charge in [0.2, 0.25) is 0 Å². The summed E-state index contributed by atoms with van der Waals surface area (Å²) >= 11 is 1.68. The molecule has 116 valence electrons. The van der Waals surface area contributed by atoms with Gasteiger partial charge in [0.1, 0.15) is 0 Å². The molecule has 1 N–H and O–H groups in total. The fraction of sp³-hybridized carbons (Fsp3) is 0.412. The number of nitrogens with one attached hydrogen (secondary N) is 1. The van der Waals surface area contributed by atoms with Crippen LogP contribution in [0.2, 0.25) is 0 Å². The van der Waals surface area contributed by atoms with Crippen molar-refractivity contribution in [2.24, 2.45) is 0 Å². The Morgan fingerprint density at radius 2 is 2.27 bits per heavy atom. The summed E-state index contributed by atoms with van der Waals surface area (Å²) in [5.74, 6) is 0. The number of nitrogens with zero attached hydrogens (tertiary/aromatic N) is 2. The van der Waals surface area contributed by atoms with Gasteiger partial charge in [-0.1, -0.05) is 6.07 Å². The molecule has 0 atom stereocenters. The molecule has 4 nitrogen and oxygen atoms in total. The van der Waals surface area contributed by atoms with Crippen LogP contribution in [0.25, 0.3) is 0 Å². The first kappa shape index (κ1) is 15.0. The van der Waals surface area contributed by atoms with Gasteiger partial charge in [0.15, 0.2) is 0 Å². The van der Waals surface area contributed by atoms with Gasteiger partial charge in [-0.25, -0.2) is 4.79 Å². The smallest absolute Gasteiger partial charge is 0.317 e. The number of thiophene rings is 1. The molecule has 2 heterocycles. The first-order valence-electron chi connectivity index (χ1n) is 7.78. The molecule has 2 aromatic rings. The van der Waals surface area contributed by atoms with Gasteiger partial charge in [-0.15, -0.1) is 0 Å². The number of rotatable bonds is 7. The number of hydrogen-bond acceptors (Lipinski definition) is 3. The molecule has 0 aromatic carbocycles. The lowest BCUT2D eigenvalue weighted by Gasteiger charge is -2.22. The van der Waals surface area contributed by atoms with Crippen molar-refractivity contribution in [3.05, 3.63) is 52.5 Å². The second-order valence-corrected chi connectivity index (χ2v) is 6.43. The lowest BCUT2D eigenvalue weighted by molar-refractivity contribution is 0.192. The van der Waals surface area contributed by atoms with Crippen molar-refractivity contribution in [2.75, 3.05) is 6.54 Å². The molecule has 22 heavy (non-hydrogen) atoms. The highest BCUT2D eigenvalue weighted by molar-refractivity contribution is 7.07. The molecule has 3 rings (SSSR count). The van der Waals surface area contributed by atoms with Crippen LogP contribution in [-0.4, -0.2) is 28.5 Å². The molecule has 1 aliphatic carbocycles. The third-order valence-electron chi connectivity index (χ3n) is 3.79. The number of hydrogen-bond donors (Lipinski definition) is 1. The maximum atomic E-state index is 12.4. The number of aromatic nitrogens is 1. The molecule has 1 aliphatic rings. The van der Waals surface area contributed by atoms with Crippen molar-refractivity contribution >= 4 is 17.4 Å². The van der Waals surface area contributed by atoms with Crippen LogP contribution in [0.1, 0.15) is 30.5 Å². The van der Waals surface area contributed by atoms with Crippen LogP contribution in [0.3, 0.4) is 0 Å². The van der Waals surface area contributed by atoms with Crippen molar-refractivity contribution in [1.29, 1.82) is 0 Å². The van der Waals surface area contributed by atoms with Gasteiger partial charge in [0.25, 0.3) is 0 Å². The normalized spacial score (nSPS) is 13.8. The molecule has 5 heteroatoms. The van der Waals surface area contributed by atoms with E-state index in [0.717, 1.165) is 37.9 Å². The molecule has 1 saturated carbocycles. The monoisotopic (exact) mass is 315 g/mol. The van der Waals surface area contributed by atoms with E-state index in [-0.39, 0.29) is 6.03 Å². The fourth-order valence-corrected chi connectivity index (χ4v) is 3.10. The van der Waals surface area contributed by atoms with E-state index in [2.05, 4.69) is 27.1 Å². The second-order valence-electron chi connectivity index (χ2n) is 5.65. The van der Waals surface area contributed by atoms with Crippen molar-refractivity contribution in [3.8, 4) is 0 Å². The summed E-state index contributed by atoms with van der Waals surface area (Å²) in [7, 11) is 0. The third-order valence-corrected chi connectivity index (χ3v) is 4.53. The predicted octanol–water partition coefficient (Wildman–Crippen LogP) is 3.45. The molecule has 2 aromatic heterocycles. The van der Waals surface area contributed by atoms with Gasteiger partial charge in [0, 0.05) is 31.0 Å². The van der Waals surface area contributed by atoms with E-state index in [1.807, 2.05) is 29.3 Å². The number of urea groups is 1. The molecule has 0 radical (unpaired) electrons. The SMILES string of the molecule is O=C(NCCCc1ccccn1)N(Cc1ccsc1)C1CC1. The third kappa shape index (κ3) is 4.31. The van der Waals surface area contributed by atoms with Crippen LogP contribution in [0.5, 0.6) is 0 Å². The number of pyridine rings is 1. The Labute approximate surface area is 135 Å². The van der Waals surface area contributed by atoms with Gasteiger partial charge in [0.05, 0.1) is 0 Å². The molecule has 1 fully saturated rings. The number of carbonyl (C=O) groups excluding carboxylic acids is 1. The predicted molar refractivity (Wildman–Crippen MR) is 88.8 cm³/mol. The zero-order valence-corrected chi connectivity index (χ0v) is 13.4. The molecule has 0 unspecified atom stereocenters. The molecule has 0 aliphatic heterocycles. The van der Waals surface area contributed by atoms with Gasteiger partial charge in [-0.3, -0.25) is 4.98 Å². The van der Waals surface area contributed by atoms with Crippen molar-refractivity contribution in [1.82, 2.24) is 15.2 Å². The molecular formula is C17H21N3OS. The molecular weight excluding hydrogens is 294 g/mol.